The molecule has 38 heavy (non-hydrogen) atoms. The van der Waals surface area contributed by atoms with Crippen molar-refractivity contribution in [2.24, 2.45) is 0 Å². The fourth-order valence-corrected chi connectivity index (χ4v) is 4.21. The third-order valence-electron chi connectivity index (χ3n) is 6.41. The van der Waals surface area contributed by atoms with Crippen LogP contribution in [0.1, 0.15) is 40.4 Å². The van der Waals surface area contributed by atoms with Crippen molar-refractivity contribution in [2.45, 2.75) is 25.3 Å². The summed E-state index contributed by atoms with van der Waals surface area (Å²) >= 11 is 0. The fraction of sp³-hybridized carbons (Fsp3) is 0.207. The number of methoxy groups -OCH3 is 2. The quantitative estimate of drug-likeness (QED) is 0.281. The maximum atomic E-state index is 13.1. The van der Waals surface area contributed by atoms with Crippen LogP contribution in [0.25, 0.3) is 11.3 Å². The molecule has 0 bridgehead atoms. The standard InChI is InChI=1S/C29H28N4O5/c1-37-21-12-7-18(8-13-21)17-30-29(36)33-25(19-9-10-19)16-24(32-33)23-15-20(11-14-26(23)34)31-28(35)22-5-3-4-6-27(22)38-2/h3-8,11-16,19,34H,9-10,17H2,1-2H3,(H,30,36)(H,31,35). The normalized spacial score (nSPS) is 12.6. The van der Waals surface area contributed by atoms with Crippen LogP contribution in [0.2, 0.25) is 0 Å². The third-order valence-corrected chi connectivity index (χ3v) is 6.41. The van der Waals surface area contributed by atoms with Gasteiger partial charge in [0.2, 0.25) is 0 Å². The molecular formula is C29H28N4O5. The van der Waals surface area contributed by atoms with E-state index < -0.39 is 0 Å². The van der Waals surface area contributed by atoms with Crippen molar-refractivity contribution in [1.82, 2.24) is 15.1 Å². The number of aromatic nitrogens is 2. The van der Waals surface area contributed by atoms with Gasteiger partial charge in [0.15, 0.2) is 0 Å². The van der Waals surface area contributed by atoms with Crippen molar-refractivity contribution in [3.63, 3.8) is 0 Å². The predicted molar refractivity (Wildman–Crippen MR) is 143 cm³/mol. The summed E-state index contributed by atoms with van der Waals surface area (Å²) in [5.41, 5.74) is 3.42. The summed E-state index contributed by atoms with van der Waals surface area (Å²) in [4.78, 5) is 25.9. The van der Waals surface area contributed by atoms with Gasteiger partial charge in [-0.1, -0.05) is 24.3 Å². The van der Waals surface area contributed by atoms with Crippen LogP contribution in [0.5, 0.6) is 17.2 Å². The SMILES string of the molecule is COc1ccc(CNC(=O)n2nc(-c3cc(NC(=O)c4ccccc4OC)ccc3O)cc2C2CC2)cc1. The molecule has 1 saturated carbocycles. The lowest BCUT2D eigenvalue weighted by atomic mass is 10.1. The topological polar surface area (TPSA) is 115 Å². The average molecular weight is 513 g/mol. The Morgan fingerprint density at radius 1 is 1.00 bits per heavy atom. The second kappa shape index (κ2) is 10.7. The van der Waals surface area contributed by atoms with Crippen molar-refractivity contribution >= 4 is 17.6 Å². The van der Waals surface area contributed by atoms with Gasteiger partial charge in [0, 0.05) is 23.7 Å². The molecule has 0 radical (unpaired) electrons. The molecule has 2 amide bonds. The first-order valence-electron chi connectivity index (χ1n) is 12.3. The zero-order valence-electron chi connectivity index (χ0n) is 21.1. The van der Waals surface area contributed by atoms with Gasteiger partial charge in [-0.15, -0.1) is 0 Å². The smallest absolute Gasteiger partial charge is 0.342 e. The number of amides is 2. The molecule has 9 nitrogen and oxygen atoms in total. The summed E-state index contributed by atoms with van der Waals surface area (Å²) in [6, 6.07) is 20.6. The lowest BCUT2D eigenvalue weighted by Crippen LogP contribution is -2.30. The highest BCUT2D eigenvalue weighted by molar-refractivity contribution is 6.06. The van der Waals surface area contributed by atoms with Crippen LogP contribution in [0.4, 0.5) is 10.5 Å². The van der Waals surface area contributed by atoms with Crippen molar-refractivity contribution in [3.8, 4) is 28.5 Å². The summed E-state index contributed by atoms with van der Waals surface area (Å²) in [6.45, 7) is 0.331. The van der Waals surface area contributed by atoms with Crippen LogP contribution in [0.15, 0.2) is 72.8 Å². The number of hydrogen-bond donors (Lipinski definition) is 3. The predicted octanol–water partition coefficient (Wildman–Crippen LogP) is 5.16. The molecule has 4 aromatic rings. The van der Waals surface area contributed by atoms with E-state index >= 15 is 0 Å². The molecule has 0 spiro atoms. The monoisotopic (exact) mass is 512 g/mol. The van der Waals surface area contributed by atoms with E-state index in [1.807, 2.05) is 30.3 Å². The van der Waals surface area contributed by atoms with E-state index in [0.717, 1.165) is 29.8 Å². The number of anilines is 1. The summed E-state index contributed by atoms with van der Waals surface area (Å²) in [5.74, 6) is 1.08. The van der Waals surface area contributed by atoms with E-state index in [2.05, 4.69) is 15.7 Å². The number of benzene rings is 3. The molecule has 1 heterocycles. The Morgan fingerprint density at radius 2 is 1.76 bits per heavy atom. The molecule has 1 aliphatic rings. The van der Waals surface area contributed by atoms with Crippen molar-refractivity contribution in [3.05, 3.63) is 89.6 Å². The van der Waals surface area contributed by atoms with Crippen LogP contribution in [-0.2, 0) is 6.54 Å². The van der Waals surface area contributed by atoms with Crippen molar-refractivity contribution < 1.29 is 24.2 Å². The number of nitrogens with zero attached hydrogens (tertiary/aromatic N) is 2. The lowest BCUT2D eigenvalue weighted by molar-refractivity contribution is 0.102. The van der Waals surface area contributed by atoms with Gasteiger partial charge in [0.05, 0.1) is 31.2 Å². The molecule has 1 aromatic heterocycles. The average Bonchev–Trinajstić information content (AvgIpc) is 3.70. The van der Waals surface area contributed by atoms with Crippen molar-refractivity contribution in [1.29, 1.82) is 0 Å². The Labute approximate surface area is 220 Å². The van der Waals surface area contributed by atoms with Gasteiger partial charge >= 0.3 is 6.03 Å². The second-order valence-corrected chi connectivity index (χ2v) is 9.03. The maximum Gasteiger partial charge on any atom is 0.342 e. The highest BCUT2D eigenvalue weighted by atomic mass is 16.5. The van der Waals surface area contributed by atoms with Gasteiger partial charge in [-0.3, -0.25) is 4.79 Å². The number of carbonyl (C=O) groups is 2. The molecular weight excluding hydrogens is 484 g/mol. The van der Waals surface area contributed by atoms with E-state index in [9.17, 15) is 14.7 Å². The zero-order chi connectivity index (χ0) is 26.6. The first-order valence-corrected chi connectivity index (χ1v) is 12.3. The van der Waals surface area contributed by atoms with Gasteiger partial charge in [0.25, 0.3) is 5.91 Å². The molecule has 1 fully saturated rings. The van der Waals surface area contributed by atoms with Gasteiger partial charge < -0.3 is 25.2 Å². The van der Waals surface area contributed by atoms with Crippen LogP contribution >= 0.6 is 0 Å². The Balaban J connectivity index is 1.37. The largest absolute Gasteiger partial charge is 0.507 e. The third kappa shape index (κ3) is 5.31. The number of phenolic OH excluding ortho intramolecular Hbond substituents is 1. The number of rotatable bonds is 8. The number of phenols is 1. The molecule has 194 valence electrons. The molecule has 0 atom stereocenters. The van der Waals surface area contributed by atoms with E-state index in [1.165, 1.54) is 17.9 Å². The molecule has 0 unspecified atom stereocenters. The Hall–Kier alpha value is -4.79. The number of ether oxygens (including phenoxy) is 2. The van der Waals surface area contributed by atoms with Crippen LogP contribution in [-0.4, -0.2) is 41.0 Å². The number of nitrogens with one attached hydrogen (secondary N) is 2. The van der Waals surface area contributed by atoms with E-state index in [0.29, 0.717) is 34.8 Å². The van der Waals surface area contributed by atoms with Crippen LogP contribution < -0.4 is 20.1 Å². The number of hydrogen-bond acceptors (Lipinski definition) is 6. The molecule has 9 heteroatoms. The number of aromatic hydroxyl groups is 1. The minimum Gasteiger partial charge on any atom is -0.507 e. The first-order chi connectivity index (χ1) is 18.5. The summed E-state index contributed by atoms with van der Waals surface area (Å²) in [6.07, 6.45) is 1.94. The lowest BCUT2D eigenvalue weighted by Gasteiger charge is -2.10. The first kappa shape index (κ1) is 24.9. The molecule has 0 aliphatic heterocycles. The summed E-state index contributed by atoms with van der Waals surface area (Å²) < 4.78 is 11.8. The van der Waals surface area contributed by atoms with Crippen molar-refractivity contribution in [2.75, 3.05) is 19.5 Å². The molecule has 1 aliphatic carbocycles. The summed E-state index contributed by atoms with van der Waals surface area (Å²) in [7, 11) is 3.11. The number of carbonyl (C=O) groups excluding carboxylic acids is 2. The molecule has 3 aromatic carbocycles. The van der Waals surface area contributed by atoms with Crippen LogP contribution in [0.3, 0.4) is 0 Å². The van der Waals surface area contributed by atoms with E-state index in [1.54, 1.807) is 43.5 Å². The minimum atomic E-state index is -0.353. The maximum absolute atomic E-state index is 13.1. The van der Waals surface area contributed by atoms with Gasteiger partial charge in [-0.25, -0.2) is 4.79 Å². The second-order valence-electron chi connectivity index (χ2n) is 9.03. The molecule has 5 rings (SSSR count). The fourth-order valence-electron chi connectivity index (χ4n) is 4.21. The van der Waals surface area contributed by atoms with Gasteiger partial charge in [-0.2, -0.15) is 9.78 Å². The Bertz CT molecular complexity index is 1470. The highest BCUT2D eigenvalue weighted by Gasteiger charge is 2.31. The molecule has 3 N–H and O–H groups in total. The van der Waals surface area contributed by atoms with E-state index in [-0.39, 0.29) is 23.6 Å². The number of para-hydroxylation sites is 1. The Kier molecular flexibility index (Phi) is 6.99. The summed E-state index contributed by atoms with van der Waals surface area (Å²) in [5, 5.41) is 20.9. The highest BCUT2D eigenvalue weighted by Crippen LogP contribution is 2.42. The minimum absolute atomic E-state index is 0.00840. The van der Waals surface area contributed by atoms with E-state index in [4.69, 9.17) is 9.47 Å². The molecule has 0 saturated heterocycles. The Morgan fingerprint density at radius 3 is 2.47 bits per heavy atom. The van der Waals surface area contributed by atoms with Gasteiger partial charge in [-0.05, 0) is 66.9 Å². The van der Waals surface area contributed by atoms with Crippen LogP contribution in [0, 0.1) is 0 Å². The van der Waals surface area contributed by atoms with Gasteiger partial charge in [0.1, 0.15) is 17.2 Å². The zero-order valence-corrected chi connectivity index (χ0v) is 21.1.